The number of nitrogens with one attached hydrogen (secondary N) is 1. The number of rotatable bonds is 6. The van der Waals surface area contributed by atoms with Crippen LogP contribution in [-0.4, -0.2) is 17.3 Å². The fourth-order valence-corrected chi connectivity index (χ4v) is 3.55. The molecule has 5 heteroatoms. The van der Waals surface area contributed by atoms with Crippen LogP contribution in [0.4, 0.5) is 5.82 Å². The van der Waals surface area contributed by atoms with E-state index in [4.69, 9.17) is 17.3 Å². The lowest BCUT2D eigenvalue weighted by atomic mass is 10.0. The van der Waals surface area contributed by atoms with E-state index in [1.165, 1.54) is 5.56 Å². The van der Waals surface area contributed by atoms with Gasteiger partial charge in [0.2, 0.25) is 0 Å². The number of anilines is 1. The largest absolute Gasteiger partial charge is 0.383 e. The number of hydrogen-bond acceptors (Lipinski definition) is 4. The van der Waals surface area contributed by atoms with Gasteiger partial charge in [0.05, 0.1) is 0 Å². The van der Waals surface area contributed by atoms with E-state index in [1.807, 2.05) is 24.3 Å². The number of hydrogen-bond donors (Lipinski definition) is 2. The minimum atomic E-state index is 0.174. The summed E-state index contributed by atoms with van der Waals surface area (Å²) in [5.74, 6) is 1.48. The molecule has 0 aliphatic rings. The number of pyridine rings is 1. The molecule has 3 N–H and O–H groups in total. The molecule has 0 bridgehead atoms. The molecule has 0 saturated heterocycles. The van der Waals surface area contributed by atoms with Crippen LogP contribution in [0.3, 0.4) is 0 Å². The minimum absolute atomic E-state index is 0.174. The van der Waals surface area contributed by atoms with Gasteiger partial charge in [-0.05, 0) is 43.3 Å². The Labute approximate surface area is 135 Å². The van der Waals surface area contributed by atoms with Gasteiger partial charge in [-0.3, -0.25) is 0 Å². The molecule has 1 atom stereocenters. The Morgan fingerprint density at radius 3 is 2.86 bits per heavy atom. The van der Waals surface area contributed by atoms with Gasteiger partial charge in [-0.1, -0.05) is 24.6 Å². The summed E-state index contributed by atoms with van der Waals surface area (Å²) in [7, 11) is 0. The fourth-order valence-electron chi connectivity index (χ4n) is 2.27. The normalized spacial score (nSPS) is 12.3. The van der Waals surface area contributed by atoms with E-state index < -0.39 is 0 Å². The maximum absolute atomic E-state index is 6.06. The van der Waals surface area contributed by atoms with Crippen molar-refractivity contribution in [1.29, 1.82) is 0 Å². The summed E-state index contributed by atoms with van der Waals surface area (Å²) < 4.78 is 0. The van der Waals surface area contributed by atoms with Gasteiger partial charge in [0, 0.05) is 33.5 Å². The van der Waals surface area contributed by atoms with E-state index >= 15 is 0 Å². The van der Waals surface area contributed by atoms with Crippen molar-refractivity contribution in [2.24, 2.45) is 0 Å². The molecular weight excluding hydrogens is 302 g/mol. The SMILES string of the molecule is CCNC(CSc1cccc(Cl)c1)c1c(C)ccnc1N. The lowest BCUT2D eigenvalue weighted by Gasteiger charge is -2.21. The molecule has 0 radical (unpaired) electrons. The Hall–Kier alpha value is -1.23. The van der Waals surface area contributed by atoms with Gasteiger partial charge in [0.25, 0.3) is 0 Å². The molecule has 0 saturated carbocycles. The van der Waals surface area contributed by atoms with Crippen LogP contribution in [0.2, 0.25) is 5.02 Å². The molecule has 112 valence electrons. The van der Waals surface area contributed by atoms with Crippen LogP contribution in [0.15, 0.2) is 41.4 Å². The summed E-state index contributed by atoms with van der Waals surface area (Å²) >= 11 is 7.79. The first kappa shape index (κ1) is 16.1. The summed E-state index contributed by atoms with van der Waals surface area (Å²) in [4.78, 5) is 5.38. The average Bonchev–Trinajstić information content (AvgIpc) is 2.44. The molecule has 0 spiro atoms. The molecule has 1 heterocycles. The molecule has 1 aromatic carbocycles. The highest BCUT2D eigenvalue weighted by Crippen LogP contribution is 2.29. The first-order valence-corrected chi connectivity index (χ1v) is 8.31. The number of nitrogens with two attached hydrogens (primary N) is 1. The van der Waals surface area contributed by atoms with E-state index in [2.05, 4.69) is 30.2 Å². The molecule has 1 unspecified atom stereocenters. The van der Waals surface area contributed by atoms with Crippen molar-refractivity contribution in [2.75, 3.05) is 18.0 Å². The van der Waals surface area contributed by atoms with Crippen molar-refractivity contribution in [1.82, 2.24) is 10.3 Å². The van der Waals surface area contributed by atoms with Crippen LogP contribution in [0.5, 0.6) is 0 Å². The topological polar surface area (TPSA) is 50.9 Å². The van der Waals surface area contributed by atoms with Crippen LogP contribution in [0.1, 0.15) is 24.1 Å². The third kappa shape index (κ3) is 4.37. The number of nitrogens with zero attached hydrogens (tertiary/aromatic N) is 1. The maximum atomic E-state index is 6.06. The molecule has 3 nitrogen and oxygen atoms in total. The quantitative estimate of drug-likeness (QED) is 0.787. The van der Waals surface area contributed by atoms with Crippen molar-refractivity contribution in [3.05, 3.63) is 52.7 Å². The molecular formula is C16H20ClN3S. The molecule has 0 aliphatic heterocycles. The van der Waals surface area contributed by atoms with Crippen molar-refractivity contribution in [2.45, 2.75) is 24.8 Å². The van der Waals surface area contributed by atoms with Crippen molar-refractivity contribution in [3.63, 3.8) is 0 Å². The molecule has 0 aliphatic carbocycles. The van der Waals surface area contributed by atoms with Crippen LogP contribution in [0.25, 0.3) is 0 Å². The smallest absolute Gasteiger partial charge is 0.128 e. The molecule has 21 heavy (non-hydrogen) atoms. The van der Waals surface area contributed by atoms with Crippen LogP contribution in [0, 0.1) is 6.92 Å². The second kappa shape index (κ2) is 7.69. The van der Waals surface area contributed by atoms with E-state index in [1.54, 1.807) is 18.0 Å². The van der Waals surface area contributed by atoms with Crippen LogP contribution >= 0.6 is 23.4 Å². The molecule has 1 aromatic heterocycles. The van der Waals surface area contributed by atoms with Gasteiger partial charge in [-0.2, -0.15) is 0 Å². The summed E-state index contributed by atoms with van der Waals surface area (Å²) in [5, 5.41) is 4.25. The lowest BCUT2D eigenvalue weighted by Crippen LogP contribution is -2.25. The van der Waals surface area contributed by atoms with Gasteiger partial charge in [0.1, 0.15) is 5.82 Å². The van der Waals surface area contributed by atoms with Gasteiger partial charge in [0.15, 0.2) is 0 Å². The van der Waals surface area contributed by atoms with Crippen molar-refractivity contribution < 1.29 is 0 Å². The first-order valence-electron chi connectivity index (χ1n) is 6.94. The van der Waals surface area contributed by atoms with Crippen molar-refractivity contribution in [3.8, 4) is 0 Å². The zero-order chi connectivity index (χ0) is 15.2. The Morgan fingerprint density at radius 2 is 2.19 bits per heavy atom. The highest BCUT2D eigenvalue weighted by Gasteiger charge is 2.17. The van der Waals surface area contributed by atoms with Gasteiger partial charge in [-0.25, -0.2) is 4.98 Å². The molecule has 2 rings (SSSR count). The highest BCUT2D eigenvalue weighted by molar-refractivity contribution is 7.99. The highest BCUT2D eigenvalue weighted by atomic mass is 35.5. The minimum Gasteiger partial charge on any atom is -0.383 e. The van der Waals surface area contributed by atoms with Gasteiger partial charge < -0.3 is 11.1 Å². The first-order chi connectivity index (χ1) is 10.1. The predicted molar refractivity (Wildman–Crippen MR) is 92.0 cm³/mol. The third-order valence-electron chi connectivity index (χ3n) is 3.25. The molecule has 0 fully saturated rings. The van der Waals surface area contributed by atoms with E-state index in [0.29, 0.717) is 5.82 Å². The summed E-state index contributed by atoms with van der Waals surface area (Å²) in [5.41, 5.74) is 8.32. The second-order valence-electron chi connectivity index (χ2n) is 4.81. The Morgan fingerprint density at radius 1 is 1.38 bits per heavy atom. The number of halogens is 1. The predicted octanol–water partition coefficient (Wildman–Crippen LogP) is 4.07. The Balaban J connectivity index is 2.16. The standard InChI is InChI=1S/C16H20ClN3S/c1-3-19-14(15-11(2)7-8-20-16(15)18)10-21-13-6-4-5-12(17)9-13/h4-9,14,19H,3,10H2,1-2H3,(H2,18,20). The van der Waals surface area contributed by atoms with Gasteiger partial charge >= 0.3 is 0 Å². The van der Waals surface area contributed by atoms with E-state index in [0.717, 1.165) is 27.8 Å². The second-order valence-corrected chi connectivity index (χ2v) is 6.34. The third-order valence-corrected chi connectivity index (χ3v) is 4.57. The zero-order valence-corrected chi connectivity index (χ0v) is 13.8. The summed E-state index contributed by atoms with van der Waals surface area (Å²) in [6.07, 6.45) is 1.75. The molecule has 0 amide bonds. The van der Waals surface area contributed by atoms with E-state index in [-0.39, 0.29) is 6.04 Å². The monoisotopic (exact) mass is 321 g/mol. The maximum Gasteiger partial charge on any atom is 0.128 e. The van der Waals surface area contributed by atoms with Crippen LogP contribution in [-0.2, 0) is 0 Å². The number of aryl methyl sites for hydroxylation is 1. The van der Waals surface area contributed by atoms with E-state index in [9.17, 15) is 0 Å². The average molecular weight is 322 g/mol. The molecule has 2 aromatic rings. The lowest BCUT2D eigenvalue weighted by molar-refractivity contribution is 0.603. The number of thioether (sulfide) groups is 1. The number of benzene rings is 1. The van der Waals surface area contributed by atoms with Gasteiger partial charge in [-0.15, -0.1) is 11.8 Å². The Kier molecular flexibility index (Phi) is 5.91. The van der Waals surface area contributed by atoms with Crippen molar-refractivity contribution >= 4 is 29.2 Å². The zero-order valence-electron chi connectivity index (χ0n) is 12.3. The number of nitrogen functional groups attached to an aromatic ring is 1. The Bertz CT molecular complexity index is 584. The summed E-state index contributed by atoms with van der Waals surface area (Å²) in [6, 6.07) is 10.1. The van der Waals surface area contributed by atoms with Crippen LogP contribution < -0.4 is 11.1 Å². The fraction of sp³-hybridized carbons (Fsp3) is 0.312. The number of aromatic nitrogens is 1. The summed E-state index contributed by atoms with van der Waals surface area (Å²) in [6.45, 7) is 5.05.